The summed E-state index contributed by atoms with van der Waals surface area (Å²) in [4.78, 5) is 24.5. The molecule has 0 aromatic rings. The lowest BCUT2D eigenvalue weighted by Crippen LogP contribution is -2.31. The van der Waals surface area contributed by atoms with Crippen molar-refractivity contribution < 1.29 is 14.7 Å². The van der Waals surface area contributed by atoms with Crippen molar-refractivity contribution in [3.8, 4) is 0 Å². The lowest BCUT2D eigenvalue weighted by molar-refractivity contribution is -0.137. The first kappa shape index (κ1) is 14.3. The number of nitrogens with zero attached hydrogens (tertiary/aromatic N) is 1. The maximum absolute atomic E-state index is 11.6. The minimum Gasteiger partial charge on any atom is -0.481 e. The topological polar surface area (TPSA) is 69.6 Å². The molecule has 1 heterocycles. The van der Waals surface area contributed by atoms with Crippen LogP contribution in [0.15, 0.2) is 0 Å². The number of carbonyl (C=O) groups excluding carboxylic acids is 1. The number of carboxylic acid groups (broad SMARTS) is 1. The Kier molecular flexibility index (Phi) is 5.19. The van der Waals surface area contributed by atoms with Crippen molar-refractivity contribution in [3.63, 3.8) is 0 Å². The molecule has 0 spiro atoms. The Morgan fingerprint density at radius 3 is 2.58 bits per heavy atom. The SMILES string of the molecule is O=C(O)CCCCC(=O)NCC1CCN(C2CC2)C1. The van der Waals surface area contributed by atoms with Gasteiger partial charge in [-0.2, -0.15) is 0 Å². The molecular formula is C14H24N2O3. The smallest absolute Gasteiger partial charge is 0.303 e. The van der Waals surface area contributed by atoms with Gasteiger partial charge in [-0.3, -0.25) is 9.59 Å². The van der Waals surface area contributed by atoms with E-state index >= 15 is 0 Å². The van der Waals surface area contributed by atoms with Crippen LogP contribution >= 0.6 is 0 Å². The Morgan fingerprint density at radius 1 is 1.16 bits per heavy atom. The summed E-state index contributed by atoms with van der Waals surface area (Å²) in [5.74, 6) is -0.120. The molecule has 2 N–H and O–H groups in total. The normalized spacial score (nSPS) is 23.5. The van der Waals surface area contributed by atoms with Crippen LogP contribution in [0.4, 0.5) is 0 Å². The van der Waals surface area contributed by atoms with Crippen LogP contribution in [-0.4, -0.2) is 47.6 Å². The molecule has 2 rings (SSSR count). The summed E-state index contributed by atoms with van der Waals surface area (Å²) in [6.07, 6.45) is 5.75. The number of aliphatic carboxylic acids is 1. The van der Waals surface area contributed by atoms with Crippen LogP contribution in [0.25, 0.3) is 0 Å². The summed E-state index contributed by atoms with van der Waals surface area (Å²) in [6, 6.07) is 0.830. The van der Waals surface area contributed by atoms with Gasteiger partial charge in [0.25, 0.3) is 0 Å². The van der Waals surface area contributed by atoms with Gasteiger partial charge in [0.05, 0.1) is 0 Å². The Labute approximate surface area is 114 Å². The predicted octanol–water partition coefficient (Wildman–Crippen LogP) is 1.23. The molecule has 2 aliphatic rings. The molecule has 1 atom stereocenters. The van der Waals surface area contributed by atoms with Crippen molar-refractivity contribution >= 4 is 11.9 Å². The van der Waals surface area contributed by atoms with Crippen LogP contribution in [0.2, 0.25) is 0 Å². The van der Waals surface area contributed by atoms with E-state index in [0.29, 0.717) is 25.2 Å². The van der Waals surface area contributed by atoms with Crippen molar-refractivity contribution in [1.82, 2.24) is 10.2 Å². The number of hydrogen-bond acceptors (Lipinski definition) is 3. The molecule has 2 fully saturated rings. The highest BCUT2D eigenvalue weighted by Crippen LogP contribution is 2.31. The maximum Gasteiger partial charge on any atom is 0.303 e. The zero-order chi connectivity index (χ0) is 13.7. The summed E-state index contributed by atoms with van der Waals surface area (Å²) in [5.41, 5.74) is 0. The van der Waals surface area contributed by atoms with Crippen molar-refractivity contribution in [2.75, 3.05) is 19.6 Å². The summed E-state index contributed by atoms with van der Waals surface area (Å²) in [6.45, 7) is 3.09. The average Bonchev–Trinajstić information content (AvgIpc) is 3.11. The van der Waals surface area contributed by atoms with Gasteiger partial charge in [-0.25, -0.2) is 0 Å². The van der Waals surface area contributed by atoms with E-state index in [1.807, 2.05) is 0 Å². The summed E-state index contributed by atoms with van der Waals surface area (Å²) < 4.78 is 0. The van der Waals surface area contributed by atoms with Gasteiger partial charge in [-0.1, -0.05) is 0 Å². The molecule has 0 bridgehead atoms. The van der Waals surface area contributed by atoms with Crippen LogP contribution in [-0.2, 0) is 9.59 Å². The zero-order valence-corrected chi connectivity index (χ0v) is 11.4. The standard InChI is InChI=1S/C14H24N2O3/c17-13(3-1-2-4-14(18)19)15-9-11-7-8-16(10-11)12-5-6-12/h11-12H,1-10H2,(H,15,17)(H,18,19). The van der Waals surface area contributed by atoms with Crippen molar-refractivity contribution in [3.05, 3.63) is 0 Å². The highest BCUT2D eigenvalue weighted by molar-refractivity contribution is 5.75. The summed E-state index contributed by atoms with van der Waals surface area (Å²) in [5, 5.41) is 11.5. The van der Waals surface area contributed by atoms with Gasteiger partial charge >= 0.3 is 5.97 Å². The van der Waals surface area contributed by atoms with E-state index < -0.39 is 5.97 Å². The van der Waals surface area contributed by atoms with Gasteiger partial charge in [0.15, 0.2) is 0 Å². The molecule has 0 aromatic heterocycles. The number of likely N-dealkylation sites (tertiary alicyclic amines) is 1. The van der Waals surface area contributed by atoms with Crippen molar-refractivity contribution in [2.45, 2.75) is 51.0 Å². The van der Waals surface area contributed by atoms with Crippen molar-refractivity contribution in [2.24, 2.45) is 5.92 Å². The minimum atomic E-state index is -0.786. The first-order valence-corrected chi connectivity index (χ1v) is 7.37. The second kappa shape index (κ2) is 6.89. The lowest BCUT2D eigenvalue weighted by atomic mass is 10.1. The zero-order valence-electron chi connectivity index (χ0n) is 11.4. The van der Waals surface area contributed by atoms with Crippen LogP contribution in [0.5, 0.6) is 0 Å². The number of unbranched alkanes of at least 4 members (excludes halogenated alkanes) is 1. The Bertz CT molecular complexity index is 329. The molecule has 1 amide bonds. The van der Waals surface area contributed by atoms with Crippen LogP contribution in [0.1, 0.15) is 44.9 Å². The molecule has 0 aromatic carbocycles. The third kappa shape index (κ3) is 5.19. The summed E-state index contributed by atoms with van der Waals surface area (Å²) >= 11 is 0. The molecular weight excluding hydrogens is 244 g/mol. The van der Waals surface area contributed by atoms with E-state index in [9.17, 15) is 9.59 Å². The molecule has 0 radical (unpaired) electrons. The second-order valence-corrected chi connectivity index (χ2v) is 5.79. The van der Waals surface area contributed by atoms with Crippen molar-refractivity contribution in [1.29, 1.82) is 0 Å². The van der Waals surface area contributed by atoms with E-state index in [1.54, 1.807) is 0 Å². The molecule has 1 saturated carbocycles. The Hall–Kier alpha value is -1.10. The van der Waals surface area contributed by atoms with Crippen LogP contribution in [0, 0.1) is 5.92 Å². The maximum atomic E-state index is 11.6. The molecule has 1 aliphatic heterocycles. The number of carboxylic acids is 1. The van der Waals surface area contributed by atoms with E-state index in [4.69, 9.17) is 5.11 Å². The number of rotatable bonds is 8. The van der Waals surface area contributed by atoms with Gasteiger partial charge in [-0.05, 0) is 44.6 Å². The van der Waals surface area contributed by atoms with Gasteiger partial charge in [0, 0.05) is 32.0 Å². The molecule has 1 unspecified atom stereocenters. The van der Waals surface area contributed by atoms with E-state index in [1.165, 1.54) is 25.8 Å². The lowest BCUT2D eigenvalue weighted by Gasteiger charge is -2.15. The molecule has 5 nitrogen and oxygen atoms in total. The third-order valence-corrected chi connectivity index (χ3v) is 4.01. The first-order chi connectivity index (χ1) is 9.15. The highest BCUT2D eigenvalue weighted by Gasteiger charge is 2.34. The van der Waals surface area contributed by atoms with Gasteiger partial charge < -0.3 is 15.3 Å². The molecule has 5 heteroatoms. The fourth-order valence-corrected chi connectivity index (χ4v) is 2.71. The van der Waals surface area contributed by atoms with E-state index in [2.05, 4.69) is 10.2 Å². The average molecular weight is 268 g/mol. The summed E-state index contributed by atoms with van der Waals surface area (Å²) in [7, 11) is 0. The largest absolute Gasteiger partial charge is 0.481 e. The van der Waals surface area contributed by atoms with Crippen LogP contribution in [0.3, 0.4) is 0 Å². The number of hydrogen-bond donors (Lipinski definition) is 2. The predicted molar refractivity (Wildman–Crippen MR) is 71.8 cm³/mol. The quantitative estimate of drug-likeness (QED) is 0.650. The fourth-order valence-electron chi connectivity index (χ4n) is 2.71. The fraction of sp³-hybridized carbons (Fsp3) is 0.857. The monoisotopic (exact) mass is 268 g/mol. The molecule has 1 aliphatic carbocycles. The van der Waals surface area contributed by atoms with Gasteiger partial charge in [-0.15, -0.1) is 0 Å². The Morgan fingerprint density at radius 2 is 1.89 bits per heavy atom. The van der Waals surface area contributed by atoms with E-state index in [-0.39, 0.29) is 12.3 Å². The first-order valence-electron chi connectivity index (χ1n) is 7.37. The molecule has 19 heavy (non-hydrogen) atoms. The highest BCUT2D eigenvalue weighted by atomic mass is 16.4. The molecule has 1 saturated heterocycles. The number of amides is 1. The van der Waals surface area contributed by atoms with Gasteiger partial charge in [0.1, 0.15) is 0 Å². The van der Waals surface area contributed by atoms with E-state index in [0.717, 1.165) is 19.1 Å². The van der Waals surface area contributed by atoms with Crippen LogP contribution < -0.4 is 5.32 Å². The number of carbonyl (C=O) groups is 2. The van der Waals surface area contributed by atoms with Gasteiger partial charge in [0.2, 0.25) is 5.91 Å². The Balaban J connectivity index is 1.50. The molecule has 108 valence electrons. The second-order valence-electron chi connectivity index (χ2n) is 5.79. The third-order valence-electron chi connectivity index (χ3n) is 4.01. The number of nitrogens with one attached hydrogen (secondary N) is 1. The minimum absolute atomic E-state index is 0.0651.